The average molecular weight is 297 g/mol. The van der Waals surface area contributed by atoms with Crippen LogP contribution in [0.1, 0.15) is 0 Å². The van der Waals surface area contributed by atoms with Crippen LogP contribution in [0.25, 0.3) is 0 Å². The van der Waals surface area contributed by atoms with E-state index in [1.807, 2.05) is 0 Å². The molecule has 44 valence electrons. The van der Waals surface area contributed by atoms with E-state index in [4.69, 9.17) is 19.2 Å². The van der Waals surface area contributed by atoms with E-state index in [-0.39, 0.29) is 27.2 Å². The van der Waals surface area contributed by atoms with Crippen molar-refractivity contribution in [2.75, 3.05) is 0 Å². The second-order valence-corrected chi connectivity index (χ2v) is 1.34. The van der Waals surface area contributed by atoms with Crippen LogP contribution in [0.5, 0.6) is 0 Å². The van der Waals surface area contributed by atoms with Crippen LogP contribution in [-0.2, 0) is 25.6 Å². The van der Waals surface area contributed by atoms with Gasteiger partial charge in [0.2, 0.25) is 0 Å². The molecular weight excluding hydrogens is 293 g/mol. The van der Waals surface area contributed by atoms with Crippen LogP contribution in [-0.4, -0.2) is 0 Å². The molecule has 0 aliphatic carbocycles. The van der Waals surface area contributed by atoms with E-state index in [1.54, 1.807) is 0 Å². The van der Waals surface area contributed by atoms with Gasteiger partial charge in [-0.25, -0.2) is 0 Å². The van der Waals surface area contributed by atoms with Gasteiger partial charge in [-0.05, 0) is 0 Å². The molecule has 0 heterocycles. The summed E-state index contributed by atoms with van der Waals surface area (Å²) in [6.07, 6.45) is 0. The molecular formula is H4NO4PW. The third-order valence-corrected chi connectivity index (χ3v) is 0. The molecule has 7 heteroatoms. The van der Waals surface area contributed by atoms with E-state index < -0.39 is 7.82 Å². The van der Waals surface area contributed by atoms with E-state index in [0.29, 0.717) is 0 Å². The maximum atomic E-state index is 8.55. The van der Waals surface area contributed by atoms with Gasteiger partial charge in [-0.15, -0.1) is 0 Å². The molecule has 4 N–H and O–H groups in total. The van der Waals surface area contributed by atoms with Gasteiger partial charge in [-0.2, -0.15) is 7.82 Å². The first-order chi connectivity index (χ1) is 2.00. The summed E-state index contributed by atoms with van der Waals surface area (Å²) in [5.41, 5.74) is 0. The van der Waals surface area contributed by atoms with Crippen LogP contribution in [0.2, 0.25) is 0 Å². The monoisotopic (exact) mass is 297 g/mol. The van der Waals surface area contributed by atoms with Gasteiger partial charge in [0.1, 0.15) is 0 Å². The molecule has 0 aliphatic rings. The molecule has 0 aromatic carbocycles. The molecule has 0 bridgehead atoms. The first kappa shape index (κ1) is 15.7. The van der Waals surface area contributed by atoms with Gasteiger partial charge in [0, 0.05) is 0 Å². The van der Waals surface area contributed by atoms with Crippen LogP contribution in [0.3, 0.4) is 0 Å². The van der Waals surface area contributed by atoms with Gasteiger partial charge in [-0.3, -0.25) is 0 Å². The second-order valence-electron chi connectivity index (χ2n) is 0.447. The molecule has 0 atom stereocenters. The summed E-state index contributed by atoms with van der Waals surface area (Å²) < 4.78 is 8.55. The predicted octanol–water partition coefficient (Wildman–Crippen LogP) is -2.45. The Bertz CT molecular complexity index is 57.8. The molecule has 0 aliphatic heterocycles. The van der Waals surface area contributed by atoms with Gasteiger partial charge in [-0.1, -0.05) is 0 Å². The number of rotatable bonds is 0. The minimum absolute atomic E-state index is 0. The van der Waals surface area contributed by atoms with Crippen molar-refractivity contribution in [1.29, 1.82) is 0 Å². The zero-order chi connectivity index (χ0) is 4.50. The molecule has 0 radical (unpaired) electrons. The molecule has 0 unspecified atom stereocenters. The zero-order valence-electron chi connectivity index (χ0n) is 3.49. The Balaban J connectivity index is -0.0000000800. The number of quaternary nitrogens is 1. The van der Waals surface area contributed by atoms with Gasteiger partial charge < -0.3 is 25.4 Å². The Morgan fingerprint density at radius 1 is 1.14 bits per heavy atom. The van der Waals surface area contributed by atoms with Crippen molar-refractivity contribution in [2.24, 2.45) is 0 Å². The SMILES string of the molecule is O=P([O-])([O-])[O-].[NH4+].[W+2]. The minimum Gasteiger partial charge on any atom is -0.822 e. The molecule has 0 saturated heterocycles. The molecule has 0 amide bonds. The molecule has 0 saturated carbocycles. The fourth-order valence-electron chi connectivity index (χ4n) is 0. The first-order valence-electron chi connectivity index (χ1n) is 0.730. The summed E-state index contributed by atoms with van der Waals surface area (Å²) in [5, 5.41) is 0. The Morgan fingerprint density at radius 2 is 1.14 bits per heavy atom. The third-order valence-electron chi connectivity index (χ3n) is 0. The normalized spacial score (nSPS) is 8.43. The van der Waals surface area contributed by atoms with Crippen LogP contribution >= 0.6 is 7.82 Å². The van der Waals surface area contributed by atoms with E-state index in [0.717, 1.165) is 0 Å². The first-order valence-corrected chi connectivity index (χ1v) is 2.19. The van der Waals surface area contributed by atoms with Crippen molar-refractivity contribution in [3.05, 3.63) is 0 Å². The molecule has 0 rings (SSSR count). The fraction of sp³-hybridized carbons (Fsp3) is 0. The Kier molecular flexibility index (Phi) is 11.0. The zero-order valence-corrected chi connectivity index (χ0v) is 7.32. The summed E-state index contributed by atoms with van der Waals surface area (Å²) in [6.45, 7) is 0. The average Bonchev–Trinajstić information content (AvgIpc) is 0.722. The topological polar surface area (TPSA) is 123 Å². The van der Waals surface area contributed by atoms with Crippen LogP contribution in [0.15, 0.2) is 0 Å². The second kappa shape index (κ2) is 4.91. The molecule has 0 aromatic heterocycles. The molecule has 0 spiro atoms. The van der Waals surface area contributed by atoms with Crippen molar-refractivity contribution < 1.29 is 40.3 Å². The standard InChI is InChI=1S/H3N.H3O4P.W/c;1-5(2,3)4;/h1H3;(H3,1,2,3,4);/q;;+2/p-2. The summed E-state index contributed by atoms with van der Waals surface area (Å²) in [7, 11) is -5.39. The Morgan fingerprint density at radius 3 is 1.14 bits per heavy atom. The van der Waals surface area contributed by atoms with Gasteiger partial charge >= 0.3 is 21.1 Å². The van der Waals surface area contributed by atoms with Crippen LogP contribution in [0.4, 0.5) is 0 Å². The molecule has 0 fully saturated rings. The van der Waals surface area contributed by atoms with Crippen molar-refractivity contribution in [3.8, 4) is 0 Å². The fourth-order valence-corrected chi connectivity index (χ4v) is 0. The van der Waals surface area contributed by atoms with Crippen molar-refractivity contribution in [2.45, 2.75) is 0 Å². The molecule has 5 nitrogen and oxygen atoms in total. The van der Waals surface area contributed by atoms with Crippen LogP contribution in [0, 0.1) is 0 Å². The van der Waals surface area contributed by atoms with Crippen molar-refractivity contribution in [3.63, 3.8) is 0 Å². The summed E-state index contributed by atoms with van der Waals surface area (Å²) >= 11 is 0. The van der Waals surface area contributed by atoms with Gasteiger partial charge in [0.15, 0.2) is 0 Å². The van der Waals surface area contributed by atoms with E-state index in [2.05, 4.69) is 0 Å². The maximum absolute atomic E-state index is 8.55. The Labute approximate surface area is 54.8 Å². The van der Waals surface area contributed by atoms with E-state index in [1.165, 1.54) is 0 Å². The number of hydrogen-bond acceptors (Lipinski definition) is 4. The minimum atomic E-state index is -5.39. The van der Waals surface area contributed by atoms with Crippen molar-refractivity contribution in [1.82, 2.24) is 6.15 Å². The Hall–Kier alpha value is 0.758. The quantitative estimate of drug-likeness (QED) is 0.498. The van der Waals surface area contributed by atoms with E-state index >= 15 is 0 Å². The number of phosphoric acid groups is 1. The van der Waals surface area contributed by atoms with Gasteiger partial charge in [0.25, 0.3) is 0 Å². The van der Waals surface area contributed by atoms with Crippen molar-refractivity contribution >= 4 is 7.82 Å². The third kappa shape index (κ3) is 266. The molecule has 7 heavy (non-hydrogen) atoms. The van der Waals surface area contributed by atoms with Crippen LogP contribution < -0.4 is 20.8 Å². The largest absolute Gasteiger partial charge is 2.00 e. The number of hydrogen-bond donors (Lipinski definition) is 1. The van der Waals surface area contributed by atoms with E-state index in [9.17, 15) is 0 Å². The summed E-state index contributed by atoms with van der Waals surface area (Å²) in [5.74, 6) is 0. The van der Waals surface area contributed by atoms with Gasteiger partial charge in [0.05, 0.1) is 0 Å². The predicted molar refractivity (Wildman–Crippen MR) is 13.6 cm³/mol. The maximum Gasteiger partial charge on any atom is 2.00 e. The molecule has 0 aromatic rings. The summed E-state index contributed by atoms with van der Waals surface area (Å²) in [4.78, 5) is 25.6. The smallest absolute Gasteiger partial charge is 0.822 e. The summed E-state index contributed by atoms with van der Waals surface area (Å²) in [6, 6.07) is 0.